The average molecular weight is 209 g/mol. The predicted molar refractivity (Wildman–Crippen MR) is 59.6 cm³/mol. The fourth-order valence-corrected chi connectivity index (χ4v) is 1.49. The minimum absolute atomic E-state index is 0.138. The maximum Gasteiger partial charge on any atom is 0.0957 e. The van der Waals surface area contributed by atoms with Crippen molar-refractivity contribution < 1.29 is 9.84 Å². The zero-order chi connectivity index (χ0) is 11.3. The molecular formula is C12H19NO2. The molecule has 1 aromatic rings. The van der Waals surface area contributed by atoms with Gasteiger partial charge in [-0.25, -0.2) is 0 Å². The summed E-state index contributed by atoms with van der Waals surface area (Å²) in [6.07, 6.45) is 2.27. The zero-order valence-electron chi connectivity index (χ0n) is 9.60. The molecule has 1 aromatic heterocycles. The molecule has 0 aromatic carbocycles. The molecule has 0 fully saturated rings. The smallest absolute Gasteiger partial charge is 0.0957 e. The van der Waals surface area contributed by atoms with Crippen molar-refractivity contribution in [2.75, 3.05) is 13.7 Å². The number of hydrogen-bond donors (Lipinski definition) is 1. The molecule has 0 aliphatic carbocycles. The van der Waals surface area contributed by atoms with Crippen molar-refractivity contribution >= 4 is 0 Å². The summed E-state index contributed by atoms with van der Waals surface area (Å²) in [4.78, 5) is 4.21. The summed E-state index contributed by atoms with van der Waals surface area (Å²) in [5.74, 6) is 0.138. The third kappa shape index (κ3) is 3.29. The summed E-state index contributed by atoms with van der Waals surface area (Å²) < 4.78 is 5.06. The Labute approximate surface area is 91.1 Å². The highest BCUT2D eigenvalue weighted by Crippen LogP contribution is 2.21. The summed E-state index contributed by atoms with van der Waals surface area (Å²) in [6, 6.07) is 5.72. The third-order valence-corrected chi connectivity index (χ3v) is 2.68. The molecule has 1 rings (SSSR count). The number of aromatic nitrogens is 1. The van der Waals surface area contributed by atoms with E-state index in [9.17, 15) is 5.11 Å². The molecular weight excluding hydrogens is 190 g/mol. The summed E-state index contributed by atoms with van der Waals surface area (Å²) >= 11 is 0. The Morgan fingerprint density at radius 2 is 2.20 bits per heavy atom. The first-order valence-corrected chi connectivity index (χ1v) is 5.20. The Bertz CT molecular complexity index is 287. The van der Waals surface area contributed by atoms with Crippen molar-refractivity contribution in [3.8, 4) is 0 Å². The summed E-state index contributed by atoms with van der Waals surface area (Å²) in [5.41, 5.74) is 0.0640. The van der Waals surface area contributed by atoms with Crippen molar-refractivity contribution in [2.24, 2.45) is 5.92 Å². The van der Waals surface area contributed by atoms with Crippen LogP contribution in [-0.4, -0.2) is 29.4 Å². The van der Waals surface area contributed by atoms with Crippen LogP contribution in [0.2, 0.25) is 0 Å². The van der Waals surface area contributed by atoms with E-state index in [0.29, 0.717) is 13.0 Å². The lowest BCUT2D eigenvalue weighted by atomic mass is 9.86. The molecule has 0 aliphatic rings. The molecule has 0 saturated heterocycles. The molecule has 1 N–H and O–H groups in total. The number of ether oxygens (including phenoxy) is 1. The number of rotatable bonds is 5. The lowest BCUT2D eigenvalue weighted by Crippen LogP contribution is -2.42. The van der Waals surface area contributed by atoms with Crippen molar-refractivity contribution in [3.05, 3.63) is 30.1 Å². The Balaban J connectivity index is 2.75. The largest absolute Gasteiger partial charge is 0.387 e. The van der Waals surface area contributed by atoms with Gasteiger partial charge in [0.2, 0.25) is 0 Å². The highest BCUT2D eigenvalue weighted by Gasteiger charge is 2.31. The lowest BCUT2D eigenvalue weighted by molar-refractivity contribution is -0.0643. The number of aliphatic hydroxyl groups is 1. The Morgan fingerprint density at radius 1 is 1.47 bits per heavy atom. The predicted octanol–water partition coefficient (Wildman–Crippen LogP) is 1.66. The monoisotopic (exact) mass is 209 g/mol. The second kappa shape index (κ2) is 5.24. The second-order valence-corrected chi connectivity index (χ2v) is 4.19. The van der Waals surface area contributed by atoms with Gasteiger partial charge in [-0.3, -0.25) is 4.98 Å². The Kier molecular flexibility index (Phi) is 4.24. The molecule has 3 heteroatoms. The summed E-state index contributed by atoms with van der Waals surface area (Å²) in [7, 11) is 1.60. The standard InChI is InChI=1S/C12H19NO2/c1-10(2)12(14,9-15-3)8-11-6-4-5-7-13-11/h4-7,10,14H,8-9H2,1-3H3. The highest BCUT2D eigenvalue weighted by molar-refractivity contribution is 5.07. The Hall–Kier alpha value is -0.930. The van der Waals surface area contributed by atoms with Crippen molar-refractivity contribution in [1.82, 2.24) is 4.98 Å². The quantitative estimate of drug-likeness (QED) is 0.802. The second-order valence-electron chi connectivity index (χ2n) is 4.19. The van der Waals surface area contributed by atoms with Crippen molar-refractivity contribution in [3.63, 3.8) is 0 Å². The van der Waals surface area contributed by atoms with E-state index < -0.39 is 5.60 Å². The SMILES string of the molecule is COCC(O)(Cc1ccccn1)C(C)C. The normalized spacial score (nSPS) is 15.3. The van der Waals surface area contributed by atoms with E-state index >= 15 is 0 Å². The average Bonchev–Trinajstić information content (AvgIpc) is 2.19. The molecule has 15 heavy (non-hydrogen) atoms. The summed E-state index contributed by atoms with van der Waals surface area (Å²) in [6.45, 7) is 4.31. The maximum absolute atomic E-state index is 10.4. The van der Waals surface area contributed by atoms with Gasteiger partial charge < -0.3 is 9.84 Å². The topological polar surface area (TPSA) is 42.4 Å². The molecule has 0 radical (unpaired) electrons. The van der Waals surface area contributed by atoms with Crippen LogP contribution in [0.15, 0.2) is 24.4 Å². The van der Waals surface area contributed by atoms with Crippen LogP contribution in [0.3, 0.4) is 0 Å². The van der Waals surface area contributed by atoms with Crippen LogP contribution in [-0.2, 0) is 11.2 Å². The number of pyridine rings is 1. The molecule has 1 atom stereocenters. The molecule has 1 unspecified atom stereocenters. The van der Waals surface area contributed by atoms with Crippen LogP contribution < -0.4 is 0 Å². The van der Waals surface area contributed by atoms with Gasteiger partial charge in [-0.1, -0.05) is 19.9 Å². The van der Waals surface area contributed by atoms with E-state index in [1.54, 1.807) is 13.3 Å². The summed E-state index contributed by atoms with van der Waals surface area (Å²) in [5, 5.41) is 10.4. The molecule has 0 saturated carbocycles. The van der Waals surface area contributed by atoms with Crippen LogP contribution in [0.1, 0.15) is 19.5 Å². The Morgan fingerprint density at radius 3 is 2.67 bits per heavy atom. The third-order valence-electron chi connectivity index (χ3n) is 2.68. The van der Waals surface area contributed by atoms with Crippen LogP contribution in [0.4, 0.5) is 0 Å². The molecule has 84 valence electrons. The van der Waals surface area contributed by atoms with E-state index in [-0.39, 0.29) is 5.92 Å². The maximum atomic E-state index is 10.4. The van der Waals surface area contributed by atoms with Gasteiger partial charge in [-0.05, 0) is 18.1 Å². The zero-order valence-corrected chi connectivity index (χ0v) is 9.60. The van der Waals surface area contributed by atoms with E-state index in [2.05, 4.69) is 4.98 Å². The van der Waals surface area contributed by atoms with E-state index in [1.807, 2.05) is 32.0 Å². The molecule has 0 spiro atoms. The van der Waals surface area contributed by atoms with Gasteiger partial charge >= 0.3 is 0 Å². The molecule has 1 heterocycles. The van der Waals surface area contributed by atoms with Crippen LogP contribution >= 0.6 is 0 Å². The van der Waals surface area contributed by atoms with Gasteiger partial charge in [0.1, 0.15) is 0 Å². The number of methoxy groups -OCH3 is 1. The van der Waals surface area contributed by atoms with Crippen LogP contribution in [0.5, 0.6) is 0 Å². The van der Waals surface area contributed by atoms with E-state index in [0.717, 1.165) is 5.69 Å². The van der Waals surface area contributed by atoms with E-state index in [1.165, 1.54) is 0 Å². The first-order valence-electron chi connectivity index (χ1n) is 5.20. The first kappa shape index (κ1) is 12.1. The number of hydrogen-bond acceptors (Lipinski definition) is 3. The minimum Gasteiger partial charge on any atom is -0.387 e. The lowest BCUT2D eigenvalue weighted by Gasteiger charge is -2.31. The fraction of sp³-hybridized carbons (Fsp3) is 0.583. The molecule has 3 nitrogen and oxygen atoms in total. The van der Waals surface area contributed by atoms with Gasteiger partial charge in [0.15, 0.2) is 0 Å². The highest BCUT2D eigenvalue weighted by atomic mass is 16.5. The molecule has 0 aliphatic heterocycles. The first-order chi connectivity index (χ1) is 7.08. The molecule has 0 amide bonds. The van der Waals surface area contributed by atoms with Gasteiger partial charge in [0.25, 0.3) is 0 Å². The van der Waals surface area contributed by atoms with Gasteiger partial charge in [-0.15, -0.1) is 0 Å². The van der Waals surface area contributed by atoms with Crippen molar-refractivity contribution in [2.45, 2.75) is 25.9 Å². The van der Waals surface area contributed by atoms with Crippen molar-refractivity contribution in [1.29, 1.82) is 0 Å². The van der Waals surface area contributed by atoms with Gasteiger partial charge in [0, 0.05) is 25.4 Å². The number of nitrogens with zero attached hydrogens (tertiary/aromatic N) is 1. The van der Waals surface area contributed by atoms with Gasteiger partial charge in [-0.2, -0.15) is 0 Å². The fourth-order valence-electron chi connectivity index (χ4n) is 1.49. The van der Waals surface area contributed by atoms with Crippen LogP contribution in [0.25, 0.3) is 0 Å². The molecule has 0 bridgehead atoms. The van der Waals surface area contributed by atoms with Gasteiger partial charge in [0.05, 0.1) is 12.2 Å². The van der Waals surface area contributed by atoms with E-state index in [4.69, 9.17) is 4.74 Å². The minimum atomic E-state index is -0.830. The van der Waals surface area contributed by atoms with Crippen LogP contribution in [0, 0.1) is 5.92 Å².